The van der Waals surface area contributed by atoms with Gasteiger partial charge in [-0.25, -0.2) is 4.68 Å². The summed E-state index contributed by atoms with van der Waals surface area (Å²) in [5.41, 5.74) is 3.44. The Morgan fingerprint density at radius 2 is 2.18 bits per heavy atom. The Morgan fingerprint density at radius 1 is 1.29 bits per heavy atom. The summed E-state index contributed by atoms with van der Waals surface area (Å²) >= 11 is 0. The molecule has 86 valence electrons. The Morgan fingerprint density at radius 3 is 2.94 bits per heavy atom. The highest BCUT2D eigenvalue weighted by molar-refractivity contribution is 5.82. The zero-order valence-corrected chi connectivity index (χ0v) is 9.83. The second-order valence-corrected chi connectivity index (χ2v) is 4.27. The molecule has 0 aliphatic heterocycles. The van der Waals surface area contributed by atoms with Crippen molar-refractivity contribution in [2.45, 2.75) is 13.5 Å². The largest absolute Gasteiger partial charge is 0.275 e. The number of benzene rings is 1. The van der Waals surface area contributed by atoms with E-state index in [9.17, 15) is 0 Å². The van der Waals surface area contributed by atoms with Crippen LogP contribution < -0.4 is 0 Å². The first-order valence-corrected chi connectivity index (χ1v) is 5.49. The molecule has 0 saturated heterocycles. The van der Waals surface area contributed by atoms with Gasteiger partial charge in [-0.15, -0.1) is 5.10 Å². The van der Waals surface area contributed by atoms with E-state index in [1.807, 2.05) is 28.8 Å². The van der Waals surface area contributed by atoms with Gasteiger partial charge in [-0.2, -0.15) is 5.10 Å². The zero-order chi connectivity index (χ0) is 11.8. The molecule has 0 radical (unpaired) electrons. The van der Waals surface area contributed by atoms with Crippen LogP contribution in [0.3, 0.4) is 0 Å². The van der Waals surface area contributed by atoms with Crippen LogP contribution in [0.2, 0.25) is 0 Å². The Hall–Kier alpha value is -2.17. The maximum Gasteiger partial charge on any atom is 0.0974 e. The lowest BCUT2D eigenvalue weighted by atomic mass is 10.1. The normalized spacial score (nSPS) is 11.2. The monoisotopic (exact) mass is 227 g/mol. The van der Waals surface area contributed by atoms with Gasteiger partial charge in [0.05, 0.1) is 18.3 Å². The van der Waals surface area contributed by atoms with Crippen molar-refractivity contribution in [1.29, 1.82) is 0 Å². The van der Waals surface area contributed by atoms with E-state index in [0.29, 0.717) is 6.54 Å². The summed E-state index contributed by atoms with van der Waals surface area (Å²) in [5, 5.41) is 13.5. The fourth-order valence-electron chi connectivity index (χ4n) is 2.10. The first kappa shape index (κ1) is 10.0. The quantitative estimate of drug-likeness (QED) is 0.667. The molecule has 0 bridgehead atoms. The number of fused-ring (bicyclic) bond motifs is 1. The first-order chi connectivity index (χ1) is 8.22. The van der Waals surface area contributed by atoms with Crippen LogP contribution in [0, 0.1) is 6.92 Å². The van der Waals surface area contributed by atoms with Crippen LogP contribution in [0.5, 0.6) is 0 Å². The molecule has 0 amide bonds. The fourth-order valence-corrected chi connectivity index (χ4v) is 2.10. The minimum atomic E-state index is 0.704. The standard InChI is InChI=1S/C12H13N5/c1-9-5-10-7-16(2)14-12(10)11(6-9)8-17-4-3-13-15-17/h3-7H,8H2,1-2H3. The van der Waals surface area contributed by atoms with Gasteiger partial charge in [0.1, 0.15) is 0 Å². The molecule has 3 aromatic rings. The minimum Gasteiger partial charge on any atom is -0.275 e. The predicted octanol–water partition coefficient (Wildman–Crippen LogP) is 1.52. The summed E-state index contributed by atoms with van der Waals surface area (Å²) in [4.78, 5) is 0. The van der Waals surface area contributed by atoms with Gasteiger partial charge in [0.2, 0.25) is 0 Å². The molecular weight excluding hydrogens is 214 g/mol. The first-order valence-electron chi connectivity index (χ1n) is 5.49. The second-order valence-electron chi connectivity index (χ2n) is 4.27. The van der Waals surface area contributed by atoms with Crippen molar-refractivity contribution in [2.75, 3.05) is 0 Å². The third-order valence-corrected chi connectivity index (χ3v) is 2.75. The van der Waals surface area contributed by atoms with Crippen molar-refractivity contribution in [2.24, 2.45) is 7.05 Å². The Labute approximate surface area is 98.7 Å². The summed E-state index contributed by atoms with van der Waals surface area (Å²) in [5.74, 6) is 0. The molecule has 0 fully saturated rings. The van der Waals surface area contributed by atoms with Crippen molar-refractivity contribution in [1.82, 2.24) is 24.8 Å². The molecule has 0 unspecified atom stereocenters. The molecule has 0 saturated carbocycles. The molecule has 3 rings (SSSR count). The molecule has 0 N–H and O–H groups in total. The number of rotatable bonds is 2. The summed E-state index contributed by atoms with van der Waals surface area (Å²) < 4.78 is 3.65. The Balaban J connectivity index is 2.14. The van der Waals surface area contributed by atoms with E-state index in [-0.39, 0.29) is 0 Å². The van der Waals surface area contributed by atoms with E-state index in [4.69, 9.17) is 0 Å². The van der Waals surface area contributed by atoms with Gasteiger partial charge >= 0.3 is 0 Å². The van der Waals surface area contributed by atoms with Crippen LogP contribution in [-0.2, 0) is 13.6 Å². The molecule has 0 aliphatic rings. The maximum absolute atomic E-state index is 4.49. The smallest absolute Gasteiger partial charge is 0.0974 e. The van der Waals surface area contributed by atoms with E-state index >= 15 is 0 Å². The molecule has 17 heavy (non-hydrogen) atoms. The number of hydrogen-bond donors (Lipinski definition) is 0. The van der Waals surface area contributed by atoms with Gasteiger partial charge in [-0.1, -0.05) is 11.3 Å². The van der Waals surface area contributed by atoms with Gasteiger partial charge in [0.15, 0.2) is 0 Å². The molecule has 1 aromatic carbocycles. The Bertz CT molecular complexity index is 651. The predicted molar refractivity (Wildman–Crippen MR) is 64.6 cm³/mol. The SMILES string of the molecule is Cc1cc(Cn2ccnn2)c2nn(C)cc2c1. The second kappa shape index (κ2) is 3.69. The average Bonchev–Trinajstić information content (AvgIpc) is 2.86. The van der Waals surface area contributed by atoms with Crippen molar-refractivity contribution in [3.63, 3.8) is 0 Å². The number of nitrogens with zero attached hydrogens (tertiary/aromatic N) is 5. The van der Waals surface area contributed by atoms with Gasteiger partial charge in [0, 0.05) is 30.4 Å². The third kappa shape index (κ3) is 1.80. The van der Waals surface area contributed by atoms with E-state index in [1.54, 1.807) is 6.20 Å². The molecule has 2 heterocycles. The average molecular weight is 227 g/mol. The van der Waals surface area contributed by atoms with Crippen LogP contribution in [-0.4, -0.2) is 24.8 Å². The Kier molecular flexibility index (Phi) is 2.18. The van der Waals surface area contributed by atoms with Gasteiger partial charge in [0.25, 0.3) is 0 Å². The lowest BCUT2D eigenvalue weighted by molar-refractivity contribution is 0.650. The summed E-state index contributed by atoms with van der Waals surface area (Å²) in [6.07, 6.45) is 5.58. The van der Waals surface area contributed by atoms with Crippen LogP contribution in [0.25, 0.3) is 10.9 Å². The zero-order valence-electron chi connectivity index (χ0n) is 9.83. The van der Waals surface area contributed by atoms with Crippen LogP contribution >= 0.6 is 0 Å². The van der Waals surface area contributed by atoms with E-state index < -0.39 is 0 Å². The van der Waals surface area contributed by atoms with E-state index in [0.717, 1.165) is 5.52 Å². The lowest BCUT2D eigenvalue weighted by Gasteiger charge is -2.03. The summed E-state index contributed by atoms with van der Waals surface area (Å²) in [6, 6.07) is 4.30. The van der Waals surface area contributed by atoms with Crippen molar-refractivity contribution in [3.8, 4) is 0 Å². The molecular formula is C12H13N5. The van der Waals surface area contributed by atoms with Gasteiger partial charge in [-0.3, -0.25) is 4.68 Å². The number of aromatic nitrogens is 5. The lowest BCUT2D eigenvalue weighted by Crippen LogP contribution is -2.02. The molecule has 5 nitrogen and oxygen atoms in total. The summed E-state index contributed by atoms with van der Waals surface area (Å²) in [7, 11) is 1.94. The van der Waals surface area contributed by atoms with Crippen LogP contribution in [0.1, 0.15) is 11.1 Å². The van der Waals surface area contributed by atoms with Crippen molar-refractivity contribution >= 4 is 10.9 Å². The fraction of sp³-hybridized carbons (Fsp3) is 0.250. The highest BCUT2D eigenvalue weighted by Crippen LogP contribution is 2.20. The number of hydrogen-bond acceptors (Lipinski definition) is 3. The third-order valence-electron chi connectivity index (χ3n) is 2.75. The van der Waals surface area contributed by atoms with Gasteiger partial charge in [-0.05, 0) is 18.6 Å². The molecule has 0 atom stereocenters. The van der Waals surface area contributed by atoms with Crippen LogP contribution in [0.15, 0.2) is 30.7 Å². The molecule has 2 aromatic heterocycles. The minimum absolute atomic E-state index is 0.704. The molecule has 0 spiro atoms. The highest BCUT2D eigenvalue weighted by atomic mass is 15.4. The molecule has 5 heteroatoms. The van der Waals surface area contributed by atoms with E-state index in [2.05, 4.69) is 34.5 Å². The maximum atomic E-state index is 4.49. The topological polar surface area (TPSA) is 48.5 Å². The van der Waals surface area contributed by atoms with E-state index in [1.165, 1.54) is 16.5 Å². The number of aryl methyl sites for hydroxylation is 2. The van der Waals surface area contributed by atoms with Gasteiger partial charge < -0.3 is 0 Å². The highest BCUT2D eigenvalue weighted by Gasteiger charge is 2.07. The van der Waals surface area contributed by atoms with Crippen molar-refractivity contribution in [3.05, 3.63) is 41.9 Å². The van der Waals surface area contributed by atoms with Crippen molar-refractivity contribution < 1.29 is 0 Å². The molecule has 0 aliphatic carbocycles. The van der Waals surface area contributed by atoms with Crippen LogP contribution in [0.4, 0.5) is 0 Å². The summed E-state index contributed by atoms with van der Waals surface area (Å²) in [6.45, 7) is 2.80.